The SMILES string of the molecule is CC1CCN(c2ccc([C@@H](C)NC(=O)Cc3cccs3)cc2)CC1. The fraction of sp³-hybridized carbons (Fsp3) is 0.450. The number of thiophene rings is 1. The van der Waals surface area contributed by atoms with Gasteiger partial charge in [-0.2, -0.15) is 0 Å². The van der Waals surface area contributed by atoms with Crippen molar-refractivity contribution in [2.45, 2.75) is 39.2 Å². The molecule has 1 atom stereocenters. The number of carbonyl (C=O) groups excluding carboxylic acids is 1. The van der Waals surface area contributed by atoms with Crippen LogP contribution in [0.3, 0.4) is 0 Å². The second-order valence-corrected chi connectivity index (χ2v) is 7.84. The van der Waals surface area contributed by atoms with Crippen molar-refractivity contribution in [2.75, 3.05) is 18.0 Å². The van der Waals surface area contributed by atoms with Crippen molar-refractivity contribution < 1.29 is 4.79 Å². The Hall–Kier alpha value is -1.81. The van der Waals surface area contributed by atoms with Crippen molar-refractivity contribution >= 4 is 22.9 Å². The Morgan fingerprint density at radius 3 is 2.58 bits per heavy atom. The van der Waals surface area contributed by atoms with Crippen molar-refractivity contribution in [1.29, 1.82) is 0 Å². The van der Waals surface area contributed by atoms with Gasteiger partial charge in [-0.25, -0.2) is 0 Å². The average Bonchev–Trinajstić information content (AvgIpc) is 3.08. The maximum Gasteiger partial charge on any atom is 0.225 e. The maximum absolute atomic E-state index is 12.1. The van der Waals surface area contributed by atoms with E-state index >= 15 is 0 Å². The normalized spacial score (nSPS) is 16.8. The lowest BCUT2D eigenvalue weighted by atomic mass is 9.98. The summed E-state index contributed by atoms with van der Waals surface area (Å²) in [6, 6.07) is 12.7. The van der Waals surface area contributed by atoms with Gasteiger partial charge in [-0.1, -0.05) is 25.1 Å². The van der Waals surface area contributed by atoms with Gasteiger partial charge in [-0.05, 0) is 54.8 Å². The van der Waals surface area contributed by atoms with E-state index < -0.39 is 0 Å². The molecule has 1 aromatic heterocycles. The van der Waals surface area contributed by atoms with Crippen LogP contribution in [0.25, 0.3) is 0 Å². The molecular formula is C20H26N2OS. The molecule has 0 bridgehead atoms. The van der Waals surface area contributed by atoms with Crippen LogP contribution in [0.2, 0.25) is 0 Å². The number of nitrogens with one attached hydrogen (secondary N) is 1. The lowest BCUT2D eigenvalue weighted by Gasteiger charge is -2.32. The summed E-state index contributed by atoms with van der Waals surface area (Å²) in [4.78, 5) is 15.7. The van der Waals surface area contributed by atoms with Crippen LogP contribution < -0.4 is 10.2 Å². The highest BCUT2D eigenvalue weighted by Crippen LogP contribution is 2.24. The molecule has 24 heavy (non-hydrogen) atoms. The minimum atomic E-state index is 0.0351. The molecule has 1 aromatic carbocycles. The zero-order valence-corrected chi connectivity index (χ0v) is 15.3. The van der Waals surface area contributed by atoms with Gasteiger partial charge in [0.25, 0.3) is 0 Å². The third-order valence-electron chi connectivity index (χ3n) is 4.83. The standard InChI is InChI=1S/C20H26N2OS/c1-15-9-11-22(12-10-15)18-7-5-17(6-8-18)16(2)21-20(23)14-19-4-3-13-24-19/h3-8,13,15-16H,9-12,14H2,1-2H3,(H,21,23)/t16-/m1/s1. The lowest BCUT2D eigenvalue weighted by molar-refractivity contribution is -0.121. The largest absolute Gasteiger partial charge is 0.372 e. The quantitative estimate of drug-likeness (QED) is 0.873. The van der Waals surface area contributed by atoms with Crippen molar-refractivity contribution in [1.82, 2.24) is 5.32 Å². The highest BCUT2D eigenvalue weighted by molar-refractivity contribution is 7.10. The molecule has 0 aliphatic carbocycles. The molecule has 0 saturated carbocycles. The van der Waals surface area contributed by atoms with Crippen LogP contribution in [0.15, 0.2) is 41.8 Å². The minimum absolute atomic E-state index is 0.0351. The van der Waals surface area contributed by atoms with Crippen molar-refractivity contribution in [2.24, 2.45) is 5.92 Å². The summed E-state index contributed by atoms with van der Waals surface area (Å²) in [5, 5.41) is 5.10. The van der Waals surface area contributed by atoms with E-state index in [0.29, 0.717) is 6.42 Å². The van der Waals surface area contributed by atoms with Gasteiger partial charge in [0.15, 0.2) is 0 Å². The van der Waals surface area contributed by atoms with E-state index in [1.54, 1.807) is 11.3 Å². The smallest absolute Gasteiger partial charge is 0.225 e. The minimum Gasteiger partial charge on any atom is -0.372 e. The molecule has 0 radical (unpaired) electrons. The van der Waals surface area contributed by atoms with Crippen LogP contribution in [-0.4, -0.2) is 19.0 Å². The van der Waals surface area contributed by atoms with Gasteiger partial charge in [0.2, 0.25) is 5.91 Å². The Kier molecular flexibility index (Phi) is 5.56. The van der Waals surface area contributed by atoms with Crippen molar-refractivity contribution in [3.05, 3.63) is 52.2 Å². The Labute approximate surface area is 148 Å². The highest BCUT2D eigenvalue weighted by atomic mass is 32.1. The second kappa shape index (κ2) is 7.84. The van der Waals surface area contributed by atoms with Gasteiger partial charge in [0.05, 0.1) is 12.5 Å². The Morgan fingerprint density at radius 1 is 1.25 bits per heavy atom. The van der Waals surface area contributed by atoms with Gasteiger partial charge >= 0.3 is 0 Å². The number of amides is 1. The molecule has 1 fully saturated rings. The Morgan fingerprint density at radius 2 is 1.96 bits per heavy atom. The number of piperidine rings is 1. The Bertz CT molecular complexity index is 643. The Balaban J connectivity index is 1.55. The van der Waals surface area contributed by atoms with E-state index in [4.69, 9.17) is 0 Å². The molecule has 1 aliphatic rings. The van der Waals surface area contributed by atoms with Gasteiger partial charge < -0.3 is 10.2 Å². The second-order valence-electron chi connectivity index (χ2n) is 6.81. The van der Waals surface area contributed by atoms with Gasteiger partial charge in [-0.3, -0.25) is 4.79 Å². The molecule has 1 aliphatic heterocycles. The van der Waals surface area contributed by atoms with Crippen LogP contribution in [-0.2, 0) is 11.2 Å². The number of hydrogen-bond donors (Lipinski definition) is 1. The summed E-state index contributed by atoms with van der Waals surface area (Å²) in [6.45, 7) is 6.67. The first-order valence-electron chi connectivity index (χ1n) is 8.78. The van der Waals surface area contributed by atoms with Crippen LogP contribution in [0.4, 0.5) is 5.69 Å². The molecular weight excluding hydrogens is 316 g/mol. The molecule has 1 amide bonds. The predicted octanol–water partition coefficient (Wildman–Crippen LogP) is 4.40. The number of benzene rings is 1. The first-order valence-corrected chi connectivity index (χ1v) is 9.66. The van der Waals surface area contributed by atoms with Crippen molar-refractivity contribution in [3.8, 4) is 0 Å². The molecule has 4 heteroatoms. The van der Waals surface area contributed by atoms with E-state index in [-0.39, 0.29) is 11.9 Å². The van der Waals surface area contributed by atoms with E-state index in [2.05, 4.69) is 41.4 Å². The summed E-state index contributed by atoms with van der Waals surface area (Å²) in [5.41, 5.74) is 2.45. The van der Waals surface area contributed by atoms with E-state index in [1.165, 1.54) is 18.5 Å². The fourth-order valence-corrected chi connectivity index (χ4v) is 3.89. The first kappa shape index (κ1) is 17.0. The van der Waals surface area contributed by atoms with Gasteiger partial charge in [0.1, 0.15) is 0 Å². The fourth-order valence-electron chi connectivity index (χ4n) is 3.19. The molecule has 2 heterocycles. The highest BCUT2D eigenvalue weighted by Gasteiger charge is 2.16. The van der Waals surface area contributed by atoms with Crippen LogP contribution >= 0.6 is 11.3 Å². The predicted molar refractivity (Wildman–Crippen MR) is 102 cm³/mol. The molecule has 128 valence electrons. The zero-order valence-electron chi connectivity index (χ0n) is 14.5. The summed E-state index contributed by atoms with van der Waals surface area (Å²) in [7, 11) is 0. The van der Waals surface area contributed by atoms with Crippen LogP contribution in [0, 0.1) is 5.92 Å². The first-order chi connectivity index (χ1) is 11.6. The number of rotatable bonds is 5. The summed E-state index contributed by atoms with van der Waals surface area (Å²) < 4.78 is 0. The molecule has 1 saturated heterocycles. The number of anilines is 1. The van der Waals surface area contributed by atoms with Crippen LogP contribution in [0.1, 0.15) is 43.2 Å². The zero-order chi connectivity index (χ0) is 16.9. The topological polar surface area (TPSA) is 32.3 Å². The summed E-state index contributed by atoms with van der Waals surface area (Å²) >= 11 is 1.63. The summed E-state index contributed by atoms with van der Waals surface area (Å²) in [5.74, 6) is 0.929. The number of hydrogen-bond acceptors (Lipinski definition) is 3. The van der Waals surface area contributed by atoms with Crippen LogP contribution in [0.5, 0.6) is 0 Å². The number of carbonyl (C=O) groups is 1. The van der Waals surface area contributed by atoms with Gasteiger partial charge in [0, 0.05) is 23.7 Å². The molecule has 3 nitrogen and oxygen atoms in total. The van der Waals surface area contributed by atoms with E-state index in [9.17, 15) is 4.79 Å². The van der Waals surface area contributed by atoms with Gasteiger partial charge in [-0.15, -0.1) is 11.3 Å². The molecule has 0 spiro atoms. The third-order valence-corrected chi connectivity index (χ3v) is 5.71. The molecule has 3 rings (SSSR count). The molecule has 2 aromatic rings. The third kappa shape index (κ3) is 4.38. The number of nitrogens with zero attached hydrogens (tertiary/aromatic N) is 1. The monoisotopic (exact) mass is 342 g/mol. The van der Waals surface area contributed by atoms with Crippen molar-refractivity contribution in [3.63, 3.8) is 0 Å². The average molecular weight is 343 g/mol. The lowest BCUT2D eigenvalue weighted by Crippen LogP contribution is -2.32. The molecule has 0 unspecified atom stereocenters. The van der Waals surface area contributed by atoms with E-state index in [0.717, 1.165) is 29.4 Å². The molecule has 1 N–H and O–H groups in total. The summed E-state index contributed by atoms with van der Waals surface area (Å²) in [6.07, 6.45) is 3.01. The van der Waals surface area contributed by atoms with E-state index in [1.807, 2.05) is 24.4 Å². The maximum atomic E-state index is 12.1.